The molecule has 2 aliphatic rings. The van der Waals surface area contributed by atoms with Crippen molar-refractivity contribution in [2.45, 2.75) is 65.5 Å². The Hall–Kier alpha value is -5.81. The van der Waals surface area contributed by atoms with Crippen LogP contribution in [0.3, 0.4) is 0 Å². The number of morpholine rings is 2. The van der Waals surface area contributed by atoms with Crippen LogP contribution in [0.25, 0.3) is 33.8 Å². The molecule has 0 bridgehead atoms. The Balaban J connectivity index is 0.000000183. The molecule has 10 rings (SSSR count). The van der Waals surface area contributed by atoms with E-state index in [0.717, 1.165) is 91.9 Å². The fraction of sp³-hybridized carbons (Fsp3) is 0.327. The van der Waals surface area contributed by atoms with Crippen LogP contribution >= 0.6 is 46.4 Å². The van der Waals surface area contributed by atoms with Crippen LogP contribution in [0.2, 0.25) is 20.1 Å². The number of rotatable bonds is 12. The summed E-state index contributed by atoms with van der Waals surface area (Å²) in [5, 5.41) is 14.5. The summed E-state index contributed by atoms with van der Waals surface area (Å²) in [5.41, 5.74) is 8.18. The maximum atomic E-state index is 13.6. The zero-order valence-corrected chi connectivity index (χ0v) is 44.5. The molecule has 1 amide bonds. The third kappa shape index (κ3) is 12.8. The minimum atomic E-state index is -0.706. The lowest BCUT2D eigenvalue weighted by Gasteiger charge is -2.32. The largest absolute Gasteiger partial charge is 0.443 e. The second-order valence-corrected chi connectivity index (χ2v) is 20.6. The van der Waals surface area contributed by atoms with Crippen molar-refractivity contribution in [1.29, 1.82) is 0 Å². The van der Waals surface area contributed by atoms with Gasteiger partial charge in [-0.05, 0) is 80.4 Å². The van der Waals surface area contributed by atoms with Crippen molar-refractivity contribution in [2.75, 3.05) is 62.7 Å². The zero-order valence-electron chi connectivity index (χ0n) is 41.4. The number of benzene rings is 4. The van der Waals surface area contributed by atoms with Crippen LogP contribution in [0.4, 0.5) is 16.4 Å². The molecule has 73 heavy (non-hydrogen) atoms. The van der Waals surface area contributed by atoms with E-state index in [1.165, 1.54) is 10.5 Å². The Morgan fingerprint density at radius 2 is 1.18 bits per heavy atom. The predicted molar refractivity (Wildman–Crippen MR) is 291 cm³/mol. The van der Waals surface area contributed by atoms with E-state index >= 15 is 0 Å². The number of nitrogens with one attached hydrogen (secondary N) is 1. The van der Waals surface area contributed by atoms with Crippen LogP contribution in [0, 0.1) is 0 Å². The number of halogens is 4. The molecule has 2 fully saturated rings. The molecule has 0 spiro atoms. The molecule has 0 radical (unpaired) electrons. The number of hydrogen-bond donors (Lipinski definition) is 1. The number of carbonyl (C=O) groups is 1. The Kier molecular flexibility index (Phi) is 16.5. The van der Waals surface area contributed by atoms with Gasteiger partial charge in [0, 0.05) is 88.2 Å². The molecule has 0 aliphatic carbocycles. The highest BCUT2D eigenvalue weighted by atomic mass is 35.5. The van der Waals surface area contributed by atoms with E-state index in [0.29, 0.717) is 49.4 Å². The van der Waals surface area contributed by atoms with Gasteiger partial charge in [0.05, 0.1) is 55.7 Å². The molecule has 4 aromatic heterocycles. The monoisotopic (exact) mass is 1060 g/mol. The number of carbonyl (C=O) groups excluding carboxylic acids is 1. The van der Waals surface area contributed by atoms with Gasteiger partial charge in [-0.25, -0.2) is 14.8 Å². The molecular formula is C55H58Cl4N10O4. The topological polar surface area (TPSA) is 127 Å². The van der Waals surface area contributed by atoms with Crippen LogP contribution in [0.1, 0.15) is 69.1 Å². The van der Waals surface area contributed by atoms with Gasteiger partial charge in [-0.2, -0.15) is 19.2 Å². The van der Waals surface area contributed by atoms with E-state index in [1.807, 2.05) is 63.2 Å². The van der Waals surface area contributed by atoms with Crippen molar-refractivity contribution >= 4 is 75.4 Å². The molecule has 1 N–H and O–H groups in total. The molecule has 6 heterocycles. The van der Waals surface area contributed by atoms with Crippen LogP contribution in [-0.4, -0.2) is 103 Å². The van der Waals surface area contributed by atoms with E-state index < -0.39 is 11.7 Å². The van der Waals surface area contributed by atoms with Gasteiger partial charge < -0.3 is 19.5 Å². The molecule has 4 aromatic carbocycles. The van der Waals surface area contributed by atoms with Crippen molar-refractivity contribution in [2.24, 2.45) is 0 Å². The minimum Gasteiger partial charge on any atom is -0.443 e. The fourth-order valence-corrected chi connectivity index (χ4v) is 9.71. The second kappa shape index (κ2) is 23.2. The lowest BCUT2D eigenvalue weighted by atomic mass is 10.0. The normalized spacial score (nSPS) is 16.6. The average Bonchev–Trinajstić information content (AvgIpc) is 4.09. The maximum Gasteiger partial charge on any atom is 0.416 e. The maximum absolute atomic E-state index is 13.6. The second-order valence-electron chi connectivity index (χ2n) is 18.9. The quantitative estimate of drug-likeness (QED) is 0.126. The van der Waals surface area contributed by atoms with Gasteiger partial charge >= 0.3 is 6.09 Å². The molecular weight excluding hydrogens is 1010 g/mol. The van der Waals surface area contributed by atoms with E-state index in [2.05, 4.69) is 75.6 Å². The van der Waals surface area contributed by atoms with E-state index in [-0.39, 0.29) is 18.8 Å². The SMILES string of the molecule is CCN1CCOC(c2ccc(-c3cc(N(Cc4ccc(Cl)cc4Cl)C(=O)OC(C)(C)C)n4nccc4n3)cc2)C1.CCN1CCOC(c2ccc(-c3cc(NCc4ccc(Cl)cc4Cl)n4nccc4n3)cc2)C1. The van der Waals surface area contributed by atoms with Crippen LogP contribution in [0.15, 0.2) is 122 Å². The first-order valence-corrected chi connectivity index (χ1v) is 25.9. The Morgan fingerprint density at radius 3 is 1.70 bits per heavy atom. The number of nitrogens with zero attached hydrogens (tertiary/aromatic N) is 9. The molecule has 2 saturated heterocycles. The fourth-order valence-electron chi connectivity index (χ4n) is 8.77. The van der Waals surface area contributed by atoms with Crippen LogP contribution in [0.5, 0.6) is 0 Å². The molecule has 2 unspecified atom stereocenters. The Bertz CT molecular complexity index is 3180. The summed E-state index contributed by atoms with van der Waals surface area (Å²) in [7, 11) is 0. The Labute approximate surface area is 445 Å². The number of likely N-dealkylation sites (N-methyl/N-ethyl adjacent to an activating group) is 2. The summed E-state index contributed by atoms with van der Waals surface area (Å²) in [6.45, 7) is 17.8. The van der Waals surface area contributed by atoms with Crippen molar-refractivity contribution in [3.8, 4) is 22.5 Å². The van der Waals surface area contributed by atoms with Gasteiger partial charge in [-0.3, -0.25) is 14.7 Å². The smallest absolute Gasteiger partial charge is 0.416 e. The summed E-state index contributed by atoms with van der Waals surface area (Å²) in [4.78, 5) is 29.5. The third-order valence-electron chi connectivity index (χ3n) is 12.8. The summed E-state index contributed by atoms with van der Waals surface area (Å²) in [6.07, 6.45) is 3.02. The zero-order chi connectivity index (χ0) is 51.2. The van der Waals surface area contributed by atoms with Gasteiger partial charge in [0.15, 0.2) is 11.3 Å². The summed E-state index contributed by atoms with van der Waals surface area (Å²) >= 11 is 25.0. The first-order chi connectivity index (χ1) is 35.2. The van der Waals surface area contributed by atoms with E-state index in [4.69, 9.17) is 70.6 Å². The Morgan fingerprint density at radius 1 is 0.671 bits per heavy atom. The number of anilines is 2. The number of hydrogen-bond acceptors (Lipinski definition) is 11. The molecule has 2 aliphatic heterocycles. The number of fused-ring (bicyclic) bond motifs is 2. The van der Waals surface area contributed by atoms with E-state index in [9.17, 15) is 4.79 Å². The number of ether oxygens (including phenoxy) is 3. The van der Waals surface area contributed by atoms with Gasteiger partial charge in [0.2, 0.25) is 0 Å². The molecule has 2 atom stereocenters. The van der Waals surface area contributed by atoms with Crippen molar-refractivity contribution in [1.82, 2.24) is 39.0 Å². The minimum absolute atomic E-state index is 0.0374. The number of aromatic nitrogens is 6. The summed E-state index contributed by atoms with van der Waals surface area (Å²) in [6, 6.07) is 35.0. The predicted octanol–water partition coefficient (Wildman–Crippen LogP) is 12.7. The molecule has 8 aromatic rings. The van der Waals surface area contributed by atoms with Gasteiger partial charge in [0.25, 0.3) is 0 Å². The number of amides is 1. The van der Waals surface area contributed by atoms with E-state index in [1.54, 1.807) is 51.8 Å². The lowest BCUT2D eigenvalue weighted by Crippen LogP contribution is -2.38. The highest BCUT2D eigenvalue weighted by molar-refractivity contribution is 6.35. The first kappa shape index (κ1) is 52.1. The molecule has 14 nitrogen and oxygen atoms in total. The standard InChI is InChI=1S/C30H33Cl2N5O3.C25H25Cl2N5O/c1-5-35-14-15-39-26(19-35)21-8-6-20(7-9-21)25-17-28(37-27(34-25)12-13-33-37)36(29(38)40-30(2,3)4)18-22-10-11-23(31)16-24(22)32;1-2-31-11-12-33-23(16-31)18-5-3-17(4-6-18)22-14-25(32-24(30-22)9-10-29-32)28-15-19-7-8-20(26)13-21(19)27/h6-13,16-17,26H,5,14-15,18-19H2,1-4H3;3-10,13-14,23,28H,2,11-12,15-16H2,1H3. The van der Waals surface area contributed by atoms with Crippen molar-refractivity contribution < 1.29 is 19.0 Å². The highest BCUT2D eigenvalue weighted by Crippen LogP contribution is 2.33. The van der Waals surface area contributed by atoms with Crippen LogP contribution in [-0.2, 0) is 27.3 Å². The molecule has 380 valence electrons. The van der Waals surface area contributed by atoms with Gasteiger partial charge in [-0.15, -0.1) is 0 Å². The third-order valence-corrected chi connectivity index (χ3v) is 13.9. The molecule has 0 saturated carbocycles. The van der Waals surface area contributed by atoms with Gasteiger partial charge in [0.1, 0.15) is 17.2 Å². The summed E-state index contributed by atoms with van der Waals surface area (Å²) < 4.78 is 21.2. The molecule has 18 heteroatoms. The average molecular weight is 1060 g/mol. The first-order valence-electron chi connectivity index (χ1n) is 24.4. The van der Waals surface area contributed by atoms with Crippen molar-refractivity contribution in [3.63, 3.8) is 0 Å². The van der Waals surface area contributed by atoms with Crippen molar-refractivity contribution in [3.05, 3.63) is 164 Å². The summed E-state index contributed by atoms with van der Waals surface area (Å²) in [5.74, 6) is 1.34. The highest BCUT2D eigenvalue weighted by Gasteiger charge is 2.28. The van der Waals surface area contributed by atoms with Gasteiger partial charge in [-0.1, -0.05) is 121 Å². The van der Waals surface area contributed by atoms with Crippen LogP contribution < -0.4 is 10.2 Å². The lowest BCUT2D eigenvalue weighted by molar-refractivity contribution is -0.0282.